The number of sulfonamides is 1. The van der Waals surface area contributed by atoms with Crippen LogP contribution < -0.4 is 0 Å². The third-order valence-corrected chi connectivity index (χ3v) is 5.95. The lowest BCUT2D eigenvalue weighted by Gasteiger charge is -2.20. The van der Waals surface area contributed by atoms with Gasteiger partial charge in [-0.3, -0.25) is 4.90 Å². The van der Waals surface area contributed by atoms with Crippen LogP contribution in [0, 0.1) is 0 Å². The van der Waals surface area contributed by atoms with Gasteiger partial charge in [0.25, 0.3) is 0 Å². The van der Waals surface area contributed by atoms with Crippen LogP contribution in [0.4, 0.5) is 0 Å². The van der Waals surface area contributed by atoms with Gasteiger partial charge >= 0.3 is 0 Å². The van der Waals surface area contributed by atoms with Crippen LogP contribution in [0.2, 0.25) is 0 Å². The topological polar surface area (TPSA) is 40.6 Å². The van der Waals surface area contributed by atoms with E-state index >= 15 is 0 Å². The Hall–Kier alpha value is -1.69. The lowest BCUT2D eigenvalue weighted by molar-refractivity contribution is 0.295. The summed E-state index contributed by atoms with van der Waals surface area (Å²) in [6.45, 7) is 7.24. The molecule has 2 aromatic carbocycles. The zero-order valence-electron chi connectivity index (χ0n) is 14.6. The van der Waals surface area contributed by atoms with Crippen LogP contribution >= 0.6 is 0 Å². The van der Waals surface area contributed by atoms with Crippen molar-refractivity contribution in [2.75, 3.05) is 20.1 Å². The van der Waals surface area contributed by atoms with Gasteiger partial charge < -0.3 is 0 Å². The molecule has 0 saturated heterocycles. The molecular weight excluding hydrogens is 320 g/mol. The summed E-state index contributed by atoms with van der Waals surface area (Å²) in [5.41, 5.74) is 2.00. The highest BCUT2D eigenvalue weighted by molar-refractivity contribution is 7.89. The second-order valence-electron chi connectivity index (χ2n) is 5.86. The number of benzene rings is 2. The van der Waals surface area contributed by atoms with Gasteiger partial charge in [-0.1, -0.05) is 56.3 Å². The fourth-order valence-corrected chi connectivity index (χ4v) is 3.84. The fraction of sp³-hybridized carbons (Fsp3) is 0.368. The summed E-state index contributed by atoms with van der Waals surface area (Å²) in [6, 6.07) is 16.9. The van der Waals surface area contributed by atoms with Crippen molar-refractivity contribution in [3.63, 3.8) is 0 Å². The van der Waals surface area contributed by atoms with Crippen molar-refractivity contribution < 1.29 is 8.42 Å². The molecule has 0 spiro atoms. The van der Waals surface area contributed by atoms with E-state index in [1.54, 1.807) is 19.2 Å². The number of rotatable bonds is 8. The van der Waals surface area contributed by atoms with Gasteiger partial charge in [0.1, 0.15) is 0 Å². The Balaban J connectivity index is 2.19. The van der Waals surface area contributed by atoms with Gasteiger partial charge in [0.05, 0.1) is 4.90 Å². The Labute approximate surface area is 145 Å². The molecular formula is C19H26N2O2S. The molecule has 2 aromatic rings. The third kappa shape index (κ3) is 4.66. The van der Waals surface area contributed by atoms with Crippen molar-refractivity contribution in [3.05, 3.63) is 65.7 Å². The van der Waals surface area contributed by atoms with Crippen LogP contribution in [0.5, 0.6) is 0 Å². The van der Waals surface area contributed by atoms with Crippen LogP contribution in [0.15, 0.2) is 59.5 Å². The third-order valence-electron chi connectivity index (χ3n) is 4.16. The van der Waals surface area contributed by atoms with Crippen molar-refractivity contribution in [1.82, 2.24) is 9.21 Å². The van der Waals surface area contributed by atoms with E-state index in [4.69, 9.17) is 0 Å². The van der Waals surface area contributed by atoms with Crippen LogP contribution in [0.1, 0.15) is 25.0 Å². The molecule has 0 aromatic heterocycles. The van der Waals surface area contributed by atoms with Crippen LogP contribution in [0.3, 0.4) is 0 Å². The molecule has 0 bridgehead atoms. The normalized spacial score (nSPS) is 12.0. The first-order valence-electron chi connectivity index (χ1n) is 8.29. The Morgan fingerprint density at radius 3 is 2.08 bits per heavy atom. The molecule has 2 rings (SSSR count). The maximum absolute atomic E-state index is 12.8. The number of hydrogen-bond acceptors (Lipinski definition) is 3. The molecule has 0 atom stereocenters. The van der Waals surface area contributed by atoms with Crippen molar-refractivity contribution in [1.29, 1.82) is 0 Å². The highest BCUT2D eigenvalue weighted by Crippen LogP contribution is 2.19. The first-order valence-corrected chi connectivity index (χ1v) is 9.73. The molecule has 0 radical (unpaired) electrons. The Morgan fingerprint density at radius 1 is 0.833 bits per heavy atom. The SMILES string of the molecule is CCN(CC)Cc1cccc(S(=O)(=O)N(C)Cc2ccccc2)c1. The highest BCUT2D eigenvalue weighted by atomic mass is 32.2. The van der Waals surface area contributed by atoms with E-state index in [0.29, 0.717) is 11.4 Å². The summed E-state index contributed by atoms with van der Waals surface area (Å²) in [5.74, 6) is 0. The summed E-state index contributed by atoms with van der Waals surface area (Å²) in [6.07, 6.45) is 0. The molecule has 0 aliphatic carbocycles. The smallest absolute Gasteiger partial charge is 0.243 e. The quantitative estimate of drug-likeness (QED) is 0.736. The minimum atomic E-state index is -3.49. The molecule has 0 unspecified atom stereocenters. The predicted molar refractivity (Wildman–Crippen MR) is 98.2 cm³/mol. The summed E-state index contributed by atoms with van der Waals surface area (Å²) < 4.78 is 27.1. The molecule has 0 fully saturated rings. The largest absolute Gasteiger partial charge is 0.300 e. The fourth-order valence-electron chi connectivity index (χ4n) is 2.62. The Bertz CT molecular complexity index is 741. The molecule has 0 aliphatic heterocycles. The van der Waals surface area contributed by atoms with Gasteiger partial charge in [-0.25, -0.2) is 8.42 Å². The number of nitrogens with zero attached hydrogens (tertiary/aromatic N) is 2. The van der Waals surface area contributed by atoms with Crippen LogP contribution in [-0.4, -0.2) is 37.8 Å². The molecule has 0 amide bonds. The van der Waals surface area contributed by atoms with Gasteiger partial charge in [-0.2, -0.15) is 4.31 Å². The molecule has 4 nitrogen and oxygen atoms in total. The van der Waals surface area contributed by atoms with Crippen molar-refractivity contribution in [2.45, 2.75) is 31.8 Å². The molecule has 5 heteroatoms. The molecule has 0 N–H and O–H groups in total. The lowest BCUT2D eigenvalue weighted by atomic mass is 10.2. The summed E-state index contributed by atoms with van der Waals surface area (Å²) >= 11 is 0. The second kappa shape index (κ2) is 8.42. The molecule has 130 valence electrons. The van der Waals surface area contributed by atoms with E-state index in [0.717, 1.165) is 30.8 Å². The van der Waals surface area contributed by atoms with E-state index in [9.17, 15) is 8.42 Å². The van der Waals surface area contributed by atoms with Gasteiger partial charge in [0.15, 0.2) is 0 Å². The zero-order chi connectivity index (χ0) is 17.6. The minimum Gasteiger partial charge on any atom is -0.300 e. The predicted octanol–water partition coefficient (Wildman–Crippen LogP) is 3.35. The molecule has 0 saturated carbocycles. The maximum atomic E-state index is 12.8. The summed E-state index contributed by atoms with van der Waals surface area (Å²) in [5, 5.41) is 0. The molecule has 24 heavy (non-hydrogen) atoms. The van der Waals surface area contributed by atoms with Crippen LogP contribution in [-0.2, 0) is 23.1 Å². The Kier molecular flexibility index (Phi) is 6.54. The van der Waals surface area contributed by atoms with E-state index in [1.165, 1.54) is 4.31 Å². The van der Waals surface area contributed by atoms with E-state index in [-0.39, 0.29) is 0 Å². The van der Waals surface area contributed by atoms with Crippen molar-refractivity contribution in [2.24, 2.45) is 0 Å². The van der Waals surface area contributed by atoms with Gasteiger partial charge in [-0.05, 0) is 36.3 Å². The summed E-state index contributed by atoms with van der Waals surface area (Å²) in [7, 11) is -1.87. The number of hydrogen-bond donors (Lipinski definition) is 0. The standard InChI is InChI=1S/C19H26N2O2S/c1-4-21(5-2)16-18-12-9-13-19(14-18)24(22,23)20(3)15-17-10-7-6-8-11-17/h6-14H,4-5,15-16H2,1-3H3. The van der Waals surface area contributed by atoms with E-state index in [2.05, 4.69) is 18.7 Å². The van der Waals surface area contributed by atoms with Gasteiger partial charge in [0, 0.05) is 20.1 Å². The highest BCUT2D eigenvalue weighted by Gasteiger charge is 2.21. The van der Waals surface area contributed by atoms with Gasteiger partial charge in [-0.15, -0.1) is 0 Å². The van der Waals surface area contributed by atoms with E-state index < -0.39 is 10.0 Å². The van der Waals surface area contributed by atoms with Crippen LogP contribution in [0.25, 0.3) is 0 Å². The first kappa shape index (κ1) is 18.6. The monoisotopic (exact) mass is 346 g/mol. The van der Waals surface area contributed by atoms with Crippen molar-refractivity contribution >= 4 is 10.0 Å². The molecule has 0 heterocycles. The minimum absolute atomic E-state index is 0.352. The maximum Gasteiger partial charge on any atom is 0.243 e. The average Bonchev–Trinajstić information content (AvgIpc) is 2.60. The van der Waals surface area contributed by atoms with E-state index in [1.807, 2.05) is 42.5 Å². The zero-order valence-corrected chi connectivity index (χ0v) is 15.5. The van der Waals surface area contributed by atoms with Gasteiger partial charge in [0.2, 0.25) is 10.0 Å². The average molecular weight is 346 g/mol. The summed E-state index contributed by atoms with van der Waals surface area (Å²) in [4.78, 5) is 2.62. The molecule has 0 aliphatic rings. The van der Waals surface area contributed by atoms with Crippen molar-refractivity contribution in [3.8, 4) is 0 Å². The second-order valence-corrected chi connectivity index (χ2v) is 7.90. The Morgan fingerprint density at radius 2 is 1.46 bits per heavy atom. The first-order chi connectivity index (χ1) is 11.5. The lowest BCUT2D eigenvalue weighted by Crippen LogP contribution is -2.27.